The van der Waals surface area contributed by atoms with Crippen LogP contribution < -0.4 is 10.6 Å². The standard InChI is InChI=1S/2C10H13NO2.2C2H6/c2*1-8(10(12)13)11-7-9-5-3-2-4-6-9;2*1-2/h2*2-6,8,11H,7H2,1H3,(H,12,13);2*1-2H3/t2*8-;;/m10../s1. The summed E-state index contributed by atoms with van der Waals surface area (Å²) in [6, 6.07) is 18.4. The van der Waals surface area contributed by atoms with Crippen LogP contribution in [0.4, 0.5) is 0 Å². The van der Waals surface area contributed by atoms with Gasteiger partial charge in [0.25, 0.3) is 0 Å². The molecule has 6 heteroatoms. The zero-order chi connectivity index (χ0) is 23.4. The SMILES string of the molecule is CC.CC.C[C@@H](NCc1ccccc1)C(=O)O.C[C@H](NCc1ccccc1)C(=O)O. The average molecular weight is 419 g/mol. The second-order valence-corrected chi connectivity index (χ2v) is 5.85. The van der Waals surface area contributed by atoms with Crippen LogP contribution in [-0.2, 0) is 22.7 Å². The molecule has 0 unspecified atom stereocenters. The minimum atomic E-state index is -0.823. The van der Waals surface area contributed by atoms with Crippen molar-refractivity contribution in [3.05, 3.63) is 71.8 Å². The van der Waals surface area contributed by atoms with Gasteiger partial charge in [0.1, 0.15) is 12.1 Å². The number of rotatable bonds is 8. The fraction of sp³-hybridized carbons (Fsp3) is 0.417. The molecular weight excluding hydrogens is 380 g/mol. The maximum Gasteiger partial charge on any atom is 0.320 e. The van der Waals surface area contributed by atoms with E-state index < -0.39 is 24.0 Å². The van der Waals surface area contributed by atoms with Crippen LogP contribution >= 0.6 is 0 Å². The molecule has 2 rings (SSSR count). The molecule has 0 saturated carbocycles. The van der Waals surface area contributed by atoms with Crippen molar-refractivity contribution >= 4 is 11.9 Å². The highest BCUT2D eigenvalue weighted by molar-refractivity contribution is 5.73. The summed E-state index contributed by atoms with van der Waals surface area (Å²) in [5.41, 5.74) is 2.19. The van der Waals surface area contributed by atoms with Crippen LogP contribution in [0.5, 0.6) is 0 Å². The summed E-state index contributed by atoms with van der Waals surface area (Å²) in [6.07, 6.45) is 0. The van der Waals surface area contributed by atoms with Crippen molar-refractivity contribution in [3.8, 4) is 0 Å². The zero-order valence-electron chi connectivity index (χ0n) is 19.1. The molecule has 0 aliphatic rings. The second-order valence-electron chi connectivity index (χ2n) is 5.85. The third kappa shape index (κ3) is 15.2. The lowest BCUT2D eigenvalue weighted by Gasteiger charge is -2.08. The molecule has 0 aliphatic carbocycles. The third-order valence-electron chi connectivity index (χ3n) is 3.65. The predicted octanol–water partition coefficient (Wildman–Crippen LogP) is 4.55. The van der Waals surface area contributed by atoms with E-state index in [2.05, 4.69) is 10.6 Å². The number of nitrogens with one attached hydrogen (secondary N) is 2. The second kappa shape index (κ2) is 19.6. The van der Waals surface area contributed by atoms with Gasteiger partial charge < -0.3 is 20.8 Å². The Balaban J connectivity index is 0. The van der Waals surface area contributed by atoms with Crippen LogP contribution in [0, 0.1) is 0 Å². The Morgan fingerprint density at radius 3 is 1.17 bits per heavy atom. The van der Waals surface area contributed by atoms with Gasteiger partial charge >= 0.3 is 11.9 Å². The summed E-state index contributed by atoms with van der Waals surface area (Å²) in [5, 5.41) is 23.0. The lowest BCUT2D eigenvalue weighted by Crippen LogP contribution is -2.33. The first-order chi connectivity index (χ1) is 14.4. The molecule has 168 valence electrons. The van der Waals surface area contributed by atoms with Gasteiger partial charge in [-0.05, 0) is 25.0 Å². The minimum Gasteiger partial charge on any atom is -0.480 e. The molecule has 2 aromatic carbocycles. The van der Waals surface area contributed by atoms with Gasteiger partial charge in [-0.25, -0.2) is 0 Å². The van der Waals surface area contributed by atoms with Gasteiger partial charge in [0, 0.05) is 13.1 Å². The molecule has 30 heavy (non-hydrogen) atoms. The number of hydrogen-bond donors (Lipinski definition) is 4. The quantitative estimate of drug-likeness (QED) is 0.502. The summed E-state index contributed by atoms with van der Waals surface area (Å²) in [7, 11) is 0. The molecule has 0 aliphatic heterocycles. The first-order valence-corrected chi connectivity index (χ1v) is 10.4. The van der Waals surface area contributed by atoms with Crippen molar-refractivity contribution in [2.24, 2.45) is 0 Å². The molecular formula is C24H38N2O4. The van der Waals surface area contributed by atoms with Crippen molar-refractivity contribution in [1.82, 2.24) is 10.6 Å². The van der Waals surface area contributed by atoms with E-state index in [1.54, 1.807) is 13.8 Å². The van der Waals surface area contributed by atoms with Crippen LogP contribution in [0.2, 0.25) is 0 Å². The Morgan fingerprint density at radius 2 is 0.933 bits per heavy atom. The van der Waals surface area contributed by atoms with E-state index in [1.165, 1.54) is 0 Å². The molecule has 0 fully saturated rings. The van der Waals surface area contributed by atoms with Crippen LogP contribution in [-0.4, -0.2) is 34.2 Å². The summed E-state index contributed by atoms with van der Waals surface area (Å²) >= 11 is 0. The van der Waals surface area contributed by atoms with Crippen LogP contribution in [0.25, 0.3) is 0 Å². The number of aliphatic carboxylic acids is 2. The van der Waals surface area contributed by atoms with Gasteiger partial charge in [0.15, 0.2) is 0 Å². The van der Waals surface area contributed by atoms with Gasteiger partial charge in [-0.3, -0.25) is 9.59 Å². The van der Waals surface area contributed by atoms with Crippen molar-refractivity contribution in [3.63, 3.8) is 0 Å². The lowest BCUT2D eigenvalue weighted by molar-refractivity contribution is -0.140. The third-order valence-corrected chi connectivity index (χ3v) is 3.65. The molecule has 0 heterocycles. The van der Waals surface area contributed by atoms with E-state index in [0.717, 1.165) is 11.1 Å². The van der Waals surface area contributed by atoms with Crippen LogP contribution in [0.3, 0.4) is 0 Å². The molecule has 0 aromatic heterocycles. The summed E-state index contributed by atoms with van der Waals surface area (Å²) < 4.78 is 0. The van der Waals surface area contributed by atoms with Gasteiger partial charge in [-0.2, -0.15) is 0 Å². The molecule has 0 bridgehead atoms. The van der Waals surface area contributed by atoms with Gasteiger partial charge in [0.05, 0.1) is 0 Å². The highest BCUT2D eigenvalue weighted by Crippen LogP contribution is 1.98. The van der Waals surface area contributed by atoms with Crippen molar-refractivity contribution in [2.45, 2.75) is 66.7 Å². The summed E-state index contributed by atoms with van der Waals surface area (Å²) in [6.45, 7) is 12.4. The molecule has 0 saturated heterocycles. The minimum absolute atomic E-state index is 0.500. The van der Waals surface area contributed by atoms with Gasteiger partial charge in [-0.1, -0.05) is 88.4 Å². The first-order valence-electron chi connectivity index (χ1n) is 10.4. The largest absolute Gasteiger partial charge is 0.480 e. The fourth-order valence-corrected chi connectivity index (χ4v) is 1.91. The smallest absolute Gasteiger partial charge is 0.320 e. The number of carbonyl (C=O) groups is 2. The maximum absolute atomic E-state index is 10.5. The monoisotopic (exact) mass is 418 g/mol. The first kappa shape index (κ1) is 29.5. The Labute approximate surface area is 181 Å². The van der Waals surface area contributed by atoms with Crippen molar-refractivity contribution < 1.29 is 19.8 Å². The normalized spacial score (nSPS) is 11.1. The van der Waals surface area contributed by atoms with E-state index in [-0.39, 0.29) is 0 Å². The number of carboxylic acid groups (broad SMARTS) is 2. The van der Waals surface area contributed by atoms with E-state index in [4.69, 9.17) is 10.2 Å². The number of carboxylic acids is 2. The van der Waals surface area contributed by atoms with Crippen molar-refractivity contribution in [1.29, 1.82) is 0 Å². The van der Waals surface area contributed by atoms with Gasteiger partial charge in [0.2, 0.25) is 0 Å². The molecule has 6 nitrogen and oxygen atoms in total. The van der Waals surface area contributed by atoms with E-state index in [1.807, 2.05) is 88.4 Å². The van der Waals surface area contributed by atoms with E-state index >= 15 is 0 Å². The lowest BCUT2D eigenvalue weighted by atomic mass is 10.2. The summed E-state index contributed by atoms with van der Waals surface area (Å²) in [5.74, 6) is -1.65. The van der Waals surface area contributed by atoms with Gasteiger partial charge in [-0.15, -0.1) is 0 Å². The molecule has 2 atom stereocenters. The molecule has 0 amide bonds. The molecule has 4 N–H and O–H groups in total. The predicted molar refractivity (Wildman–Crippen MR) is 123 cm³/mol. The topological polar surface area (TPSA) is 98.7 Å². The Hall–Kier alpha value is -2.70. The Kier molecular flexibility index (Phi) is 19.3. The van der Waals surface area contributed by atoms with Crippen LogP contribution in [0.15, 0.2) is 60.7 Å². The van der Waals surface area contributed by atoms with Crippen molar-refractivity contribution in [2.75, 3.05) is 0 Å². The van der Waals surface area contributed by atoms with Crippen LogP contribution in [0.1, 0.15) is 52.7 Å². The van der Waals surface area contributed by atoms with E-state index in [9.17, 15) is 9.59 Å². The highest BCUT2D eigenvalue weighted by atomic mass is 16.4. The molecule has 0 radical (unpaired) electrons. The van der Waals surface area contributed by atoms with E-state index in [0.29, 0.717) is 13.1 Å². The summed E-state index contributed by atoms with van der Waals surface area (Å²) in [4.78, 5) is 20.9. The Morgan fingerprint density at radius 1 is 0.667 bits per heavy atom. The molecule has 0 spiro atoms. The average Bonchev–Trinajstić information content (AvgIpc) is 2.80. The zero-order valence-corrected chi connectivity index (χ0v) is 19.1. The maximum atomic E-state index is 10.5. The Bertz CT molecular complexity index is 604. The highest BCUT2D eigenvalue weighted by Gasteiger charge is 2.09. The number of benzene rings is 2. The fourth-order valence-electron chi connectivity index (χ4n) is 1.91. The number of hydrogen-bond acceptors (Lipinski definition) is 4. The molecule has 2 aromatic rings.